The summed E-state index contributed by atoms with van der Waals surface area (Å²) in [6.07, 6.45) is 5.40. The van der Waals surface area contributed by atoms with Gasteiger partial charge in [0.05, 0.1) is 0 Å². The maximum atomic E-state index is 13.1. The summed E-state index contributed by atoms with van der Waals surface area (Å²) in [4.78, 5) is 27.5. The minimum atomic E-state index is -0.644. The number of carbonyl (C=O) groups is 2. The summed E-state index contributed by atoms with van der Waals surface area (Å²) < 4.78 is 19.6. The number of halogens is 2. The Hall–Kier alpha value is -2.41. The molecule has 3 rings (SSSR count). The summed E-state index contributed by atoms with van der Waals surface area (Å²) in [6, 6.07) is 12.7. The minimum Gasteiger partial charge on any atom is -0.484 e. The van der Waals surface area contributed by atoms with Gasteiger partial charge in [0.15, 0.2) is 6.61 Å². The fraction of sp³-hybridized carbons (Fsp3) is 0.417. The molecule has 1 atom stereocenters. The Morgan fingerprint density at radius 2 is 1.74 bits per heavy atom. The number of carbonyl (C=O) groups excluding carboxylic acids is 2. The Kier molecular flexibility index (Phi) is 8.46. The van der Waals surface area contributed by atoms with E-state index in [4.69, 9.17) is 4.74 Å². The summed E-state index contributed by atoms with van der Waals surface area (Å²) in [5.41, 5.74) is 0.913. The van der Waals surface area contributed by atoms with Crippen molar-refractivity contribution in [2.24, 2.45) is 0 Å². The van der Waals surface area contributed by atoms with Crippen molar-refractivity contribution in [1.29, 1.82) is 0 Å². The highest BCUT2D eigenvalue weighted by atomic mass is 79.9. The molecule has 0 radical (unpaired) electrons. The molecule has 0 bridgehead atoms. The van der Waals surface area contributed by atoms with Crippen LogP contribution < -0.4 is 10.1 Å². The lowest BCUT2D eigenvalue weighted by atomic mass is 9.95. The molecule has 0 aromatic heterocycles. The Bertz CT molecular complexity index is 867. The number of ether oxygens (including phenoxy) is 1. The molecule has 0 spiro atoms. The Balaban J connectivity index is 1.69. The molecular formula is C24H28BrFN2O3. The number of nitrogens with one attached hydrogen (secondary N) is 1. The third kappa shape index (κ3) is 7.06. The van der Waals surface area contributed by atoms with Gasteiger partial charge >= 0.3 is 0 Å². The predicted octanol–water partition coefficient (Wildman–Crippen LogP) is 4.83. The lowest BCUT2D eigenvalue weighted by Gasteiger charge is -2.31. The molecule has 31 heavy (non-hydrogen) atoms. The van der Waals surface area contributed by atoms with Crippen LogP contribution in [0.25, 0.3) is 0 Å². The van der Waals surface area contributed by atoms with Crippen molar-refractivity contribution in [2.75, 3.05) is 6.61 Å². The summed E-state index contributed by atoms with van der Waals surface area (Å²) >= 11 is 3.41. The molecule has 166 valence electrons. The van der Waals surface area contributed by atoms with Crippen LogP contribution in [0.2, 0.25) is 0 Å². The Morgan fingerprint density at radius 1 is 1.10 bits per heavy atom. The smallest absolute Gasteiger partial charge is 0.261 e. The molecule has 5 nitrogen and oxygen atoms in total. The quantitative estimate of drug-likeness (QED) is 0.576. The number of nitrogens with zero attached hydrogens (tertiary/aromatic N) is 1. The molecule has 1 N–H and O–H groups in total. The Morgan fingerprint density at radius 3 is 2.39 bits per heavy atom. The second-order valence-electron chi connectivity index (χ2n) is 7.91. The SMILES string of the molecule is C[C@@H](C(=O)NC1CCCCC1)N(Cc1ccc(Br)cc1)C(=O)COc1ccc(F)cc1. The van der Waals surface area contributed by atoms with Gasteiger partial charge in [-0.05, 0) is 61.7 Å². The van der Waals surface area contributed by atoms with Crippen molar-refractivity contribution in [3.05, 3.63) is 64.4 Å². The second-order valence-corrected chi connectivity index (χ2v) is 8.83. The fourth-order valence-electron chi connectivity index (χ4n) is 3.70. The number of hydrogen-bond acceptors (Lipinski definition) is 3. The van der Waals surface area contributed by atoms with Crippen molar-refractivity contribution in [2.45, 2.75) is 57.7 Å². The molecule has 0 saturated heterocycles. The molecule has 1 aliphatic rings. The molecule has 2 amide bonds. The van der Waals surface area contributed by atoms with Crippen molar-refractivity contribution >= 4 is 27.7 Å². The maximum absolute atomic E-state index is 13.1. The van der Waals surface area contributed by atoms with E-state index in [0.29, 0.717) is 5.75 Å². The van der Waals surface area contributed by atoms with Gasteiger partial charge in [0.2, 0.25) is 5.91 Å². The van der Waals surface area contributed by atoms with Crippen LogP contribution in [0.5, 0.6) is 5.75 Å². The van der Waals surface area contributed by atoms with Crippen molar-refractivity contribution in [1.82, 2.24) is 10.2 Å². The lowest BCUT2D eigenvalue weighted by molar-refractivity contribution is -0.142. The van der Waals surface area contributed by atoms with Crippen molar-refractivity contribution < 1.29 is 18.7 Å². The van der Waals surface area contributed by atoms with Gasteiger partial charge in [-0.1, -0.05) is 47.3 Å². The van der Waals surface area contributed by atoms with Crippen LogP contribution >= 0.6 is 15.9 Å². The molecule has 2 aromatic carbocycles. The first-order valence-electron chi connectivity index (χ1n) is 10.6. The zero-order valence-electron chi connectivity index (χ0n) is 17.7. The van der Waals surface area contributed by atoms with Gasteiger partial charge in [-0.25, -0.2) is 4.39 Å². The third-order valence-electron chi connectivity index (χ3n) is 5.56. The van der Waals surface area contributed by atoms with Crippen LogP contribution in [0, 0.1) is 5.82 Å². The highest BCUT2D eigenvalue weighted by molar-refractivity contribution is 9.10. The molecule has 0 unspecified atom stereocenters. The van der Waals surface area contributed by atoms with E-state index < -0.39 is 6.04 Å². The zero-order valence-corrected chi connectivity index (χ0v) is 19.2. The van der Waals surface area contributed by atoms with Crippen LogP contribution in [-0.4, -0.2) is 35.4 Å². The van der Waals surface area contributed by atoms with Crippen LogP contribution in [0.4, 0.5) is 4.39 Å². The molecule has 1 saturated carbocycles. The van der Waals surface area contributed by atoms with E-state index in [2.05, 4.69) is 21.2 Å². The van der Waals surface area contributed by atoms with Crippen LogP contribution in [0.15, 0.2) is 53.0 Å². The number of benzene rings is 2. The number of rotatable bonds is 8. The number of amides is 2. The monoisotopic (exact) mass is 490 g/mol. The van der Waals surface area contributed by atoms with Gasteiger partial charge in [0.25, 0.3) is 5.91 Å². The average Bonchev–Trinajstić information content (AvgIpc) is 2.78. The summed E-state index contributed by atoms with van der Waals surface area (Å²) in [5, 5.41) is 3.11. The highest BCUT2D eigenvalue weighted by Gasteiger charge is 2.28. The van der Waals surface area contributed by atoms with Gasteiger partial charge in [0, 0.05) is 17.1 Å². The van der Waals surface area contributed by atoms with Gasteiger partial charge in [-0.2, -0.15) is 0 Å². The summed E-state index contributed by atoms with van der Waals surface area (Å²) in [7, 11) is 0. The Labute approximate surface area is 191 Å². The second kappa shape index (κ2) is 11.3. The molecule has 1 fully saturated rings. The predicted molar refractivity (Wildman–Crippen MR) is 121 cm³/mol. The zero-order chi connectivity index (χ0) is 22.2. The molecule has 2 aromatic rings. The first kappa shape index (κ1) is 23.3. The van der Waals surface area contributed by atoms with E-state index in [1.807, 2.05) is 24.3 Å². The first-order chi connectivity index (χ1) is 14.9. The third-order valence-corrected chi connectivity index (χ3v) is 6.09. The molecule has 0 aliphatic heterocycles. The van der Waals surface area contributed by atoms with Crippen molar-refractivity contribution in [3.63, 3.8) is 0 Å². The van der Waals surface area contributed by atoms with E-state index in [1.165, 1.54) is 35.6 Å². The largest absolute Gasteiger partial charge is 0.484 e. The molecule has 1 aliphatic carbocycles. The summed E-state index contributed by atoms with van der Waals surface area (Å²) in [5.74, 6) is -0.432. The van der Waals surface area contributed by atoms with Crippen LogP contribution in [0.3, 0.4) is 0 Å². The highest BCUT2D eigenvalue weighted by Crippen LogP contribution is 2.19. The van der Waals surface area contributed by atoms with Gasteiger partial charge in [0.1, 0.15) is 17.6 Å². The average molecular weight is 491 g/mol. The van der Waals surface area contributed by atoms with Gasteiger partial charge in [-0.15, -0.1) is 0 Å². The molecule has 7 heteroatoms. The normalized spacial score (nSPS) is 15.2. The van der Waals surface area contributed by atoms with E-state index in [1.54, 1.807) is 6.92 Å². The number of hydrogen-bond donors (Lipinski definition) is 1. The minimum absolute atomic E-state index is 0.154. The van der Waals surface area contributed by atoms with E-state index in [9.17, 15) is 14.0 Å². The summed E-state index contributed by atoms with van der Waals surface area (Å²) in [6.45, 7) is 1.80. The van der Waals surface area contributed by atoms with E-state index >= 15 is 0 Å². The van der Waals surface area contributed by atoms with E-state index in [0.717, 1.165) is 35.7 Å². The standard InChI is InChI=1S/C24H28BrFN2O3/c1-17(24(30)27-21-5-3-2-4-6-21)28(15-18-7-9-19(25)10-8-18)23(29)16-31-22-13-11-20(26)12-14-22/h7-14,17,21H,2-6,15-16H2,1H3,(H,27,30)/t17-/m0/s1. The van der Waals surface area contributed by atoms with Crippen molar-refractivity contribution in [3.8, 4) is 5.75 Å². The first-order valence-corrected chi connectivity index (χ1v) is 11.4. The van der Waals surface area contributed by atoms with E-state index in [-0.39, 0.29) is 36.8 Å². The van der Waals surface area contributed by atoms with Gasteiger partial charge in [-0.3, -0.25) is 9.59 Å². The lowest BCUT2D eigenvalue weighted by Crippen LogP contribution is -2.51. The fourth-order valence-corrected chi connectivity index (χ4v) is 3.96. The molecular weight excluding hydrogens is 463 g/mol. The maximum Gasteiger partial charge on any atom is 0.261 e. The van der Waals surface area contributed by atoms with Crippen LogP contribution in [-0.2, 0) is 16.1 Å². The van der Waals surface area contributed by atoms with Gasteiger partial charge < -0.3 is 15.0 Å². The topological polar surface area (TPSA) is 58.6 Å². The molecule has 0 heterocycles. The van der Waals surface area contributed by atoms with Crippen LogP contribution in [0.1, 0.15) is 44.6 Å².